The molecule has 1 saturated carbocycles. The molecule has 7 nitrogen and oxygen atoms in total. The summed E-state index contributed by atoms with van der Waals surface area (Å²) in [5, 5.41) is 6.04. The Balaban J connectivity index is 1.27. The number of carbonyl (C=O) groups is 2. The SMILES string of the molecule is CCNC(=O)N(CCN1CCN(C(=O)Nc2ccccc2C)CC1)CC1=CCC2CC1C2(C)C. The number of hydrogen-bond acceptors (Lipinski definition) is 3. The molecule has 2 fully saturated rings. The van der Waals surface area contributed by atoms with Gasteiger partial charge in [-0.15, -0.1) is 0 Å². The largest absolute Gasteiger partial charge is 0.338 e. The van der Waals surface area contributed by atoms with Crippen LogP contribution in [0.3, 0.4) is 0 Å². The summed E-state index contributed by atoms with van der Waals surface area (Å²) >= 11 is 0. The Bertz CT molecular complexity index is 919. The van der Waals surface area contributed by atoms with E-state index in [0.29, 0.717) is 37.5 Å². The molecule has 1 heterocycles. The minimum absolute atomic E-state index is 0.0268. The van der Waals surface area contributed by atoms with Crippen molar-refractivity contribution in [1.82, 2.24) is 20.0 Å². The van der Waals surface area contributed by atoms with Crippen LogP contribution in [0.4, 0.5) is 15.3 Å². The van der Waals surface area contributed by atoms with Gasteiger partial charge in [0, 0.05) is 58.0 Å². The van der Waals surface area contributed by atoms with Gasteiger partial charge in [-0.05, 0) is 55.6 Å². The average molecular weight is 468 g/mol. The molecule has 2 atom stereocenters. The highest BCUT2D eigenvalue weighted by atomic mass is 16.2. The number of allylic oxidation sites excluding steroid dienone is 1. The fourth-order valence-corrected chi connectivity index (χ4v) is 5.74. The highest BCUT2D eigenvalue weighted by Gasteiger charge is 2.51. The van der Waals surface area contributed by atoms with E-state index in [4.69, 9.17) is 0 Å². The van der Waals surface area contributed by atoms with Gasteiger partial charge in [-0.25, -0.2) is 9.59 Å². The highest BCUT2D eigenvalue weighted by molar-refractivity contribution is 5.90. The van der Waals surface area contributed by atoms with Crippen molar-refractivity contribution in [3.05, 3.63) is 41.5 Å². The fourth-order valence-electron chi connectivity index (χ4n) is 5.74. The number of anilines is 1. The second-order valence-electron chi connectivity index (χ2n) is 10.7. The molecule has 3 aliphatic carbocycles. The van der Waals surface area contributed by atoms with Crippen LogP contribution in [0.5, 0.6) is 0 Å². The second kappa shape index (κ2) is 10.4. The number of amides is 4. The van der Waals surface area contributed by atoms with Gasteiger partial charge in [0.05, 0.1) is 0 Å². The molecule has 4 aliphatic rings. The lowest BCUT2D eigenvalue weighted by Gasteiger charge is -2.57. The predicted octanol–water partition coefficient (Wildman–Crippen LogP) is 4.17. The number of fused-ring (bicyclic) bond motifs is 1. The number of carbonyl (C=O) groups excluding carboxylic acids is 2. The van der Waals surface area contributed by atoms with E-state index in [-0.39, 0.29) is 12.1 Å². The molecule has 186 valence electrons. The van der Waals surface area contributed by atoms with E-state index >= 15 is 0 Å². The van der Waals surface area contributed by atoms with Gasteiger partial charge >= 0.3 is 12.1 Å². The lowest BCUT2D eigenvalue weighted by molar-refractivity contribution is -0.00982. The number of rotatable bonds is 7. The maximum atomic E-state index is 12.8. The Morgan fingerprint density at radius 1 is 1.15 bits per heavy atom. The standard InChI is InChI=1S/C27H41N5O2/c1-5-28-25(33)32(19-21-10-11-22-18-23(21)27(22,3)4)17-14-30-12-15-31(16-13-30)26(34)29-24-9-7-6-8-20(24)2/h6-10,22-23H,5,11-19H2,1-4H3,(H,28,33)(H,29,34). The van der Waals surface area contributed by atoms with Crippen molar-refractivity contribution in [1.29, 1.82) is 0 Å². The smallest absolute Gasteiger partial charge is 0.321 e. The Labute approximate surface area is 204 Å². The molecule has 34 heavy (non-hydrogen) atoms. The molecular weight excluding hydrogens is 426 g/mol. The van der Waals surface area contributed by atoms with Crippen molar-refractivity contribution in [3.8, 4) is 0 Å². The van der Waals surface area contributed by atoms with E-state index in [0.717, 1.165) is 49.8 Å². The number of piperazine rings is 1. The van der Waals surface area contributed by atoms with Crippen LogP contribution >= 0.6 is 0 Å². The Hall–Kier alpha value is -2.54. The van der Waals surface area contributed by atoms with Gasteiger partial charge in [-0.3, -0.25) is 4.90 Å². The first-order chi connectivity index (χ1) is 16.3. The van der Waals surface area contributed by atoms with E-state index in [2.05, 4.69) is 35.5 Å². The topological polar surface area (TPSA) is 67.9 Å². The van der Waals surface area contributed by atoms with Gasteiger partial charge in [0.1, 0.15) is 0 Å². The zero-order valence-corrected chi connectivity index (χ0v) is 21.3. The van der Waals surface area contributed by atoms with E-state index in [9.17, 15) is 9.59 Å². The van der Waals surface area contributed by atoms with Crippen LogP contribution in [0.2, 0.25) is 0 Å². The minimum atomic E-state index is -0.0384. The molecular formula is C27H41N5O2. The highest BCUT2D eigenvalue weighted by Crippen LogP contribution is 2.59. The van der Waals surface area contributed by atoms with Gasteiger partial charge in [-0.1, -0.05) is 43.7 Å². The third kappa shape index (κ3) is 5.24. The number of aryl methyl sites for hydroxylation is 1. The van der Waals surface area contributed by atoms with Crippen LogP contribution in [0.15, 0.2) is 35.9 Å². The van der Waals surface area contributed by atoms with Crippen LogP contribution < -0.4 is 10.6 Å². The summed E-state index contributed by atoms with van der Waals surface area (Å²) in [5.74, 6) is 1.41. The molecule has 1 aromatic carbocycles. The van der Waals surface area contributed by atoms with Gasteiger partial charge in [0.25, 0.3) is 0 Å². The minimum Gasteiger partial charge on any atom is -0.338 e. The number of nitrogens with zero attached hydrogens (tertiary/aromatic N) is 3. The number of para-hydroxylation sites is 1. The molecule has 7 heteroatoms. The van der Waals surface area contributed by atoms with Crippen LogP contribution in [0, 0.1) is 24.2 Å². The van der Waals surface area contributed by atoms with Crippen molar-refractivity contribution in [2.75, 3.05) is 57.7 Å². The maximum Gasteiger partial charge on any atom is 0.321 e. The molecule has 2 bridgehead atoms. The van der Waals surface area contributed by atoms with Crippen LogP contribution in [0.1, 0.15) is 39.2 Å². The third-order valence-corrected chi connectivity index (χ3v) is 8.30. The van der Waals surface area contributed by atoms with Crippen molar-refractivity contribution in [2.24, 2.45) is 17.3 Å². The predicted molar refractivity (Wildman–Crippen MR) is 137 cm³/mol. The molecule has 4 amide bonds. The van der Waals surface area contributed by atoms with Gasteiger partial charge < -0.3 is 20.4 Å². The van der Waals surface area contributed by atoms with Crippen LogP contribution in [-0.4, -0.2) is 79.1 Å². The van der Waals surface area contributed by atoms with Crippen molar-refractivity contribution in [3.63, 3.8) is 0 Å². The van der Waals surface area contributed by atoms with E-state index in [1.54, 1.807) is 0 Å². The monoisotopic (exact) mass is 467 g/mol. The summed E-state index contributed by atoms with van der Waals surface area (Å²) in [6.07, 6.45) is 4.81. The second-order valence-corrected chi connectivity index (χ2v) is 10.7. The molecule has 1 aliphatic heterocycles. The Morgan fingerprint density at radius 3 is 2.53 bits per heavy atom. The van der Waals surface area contributed by atoms with Gasteiger partial charge in [0.15, 0.2) is 0 Å². The van der Waals surface area contributed by atoms with Crippen molar-refractivity contribution >= 4 is 17.7 Å². The van der Waals surface area contributed by atoms with Crippen molar-refractivity contribution in [2.45, 2.75) is 40.5 Å². The normalized spacial score (nSPS) is 23.5. The summed E-state index contributed by atoms with van der Waals surface area (Å²) in [4.78, 5) is 31.7. The molecule has 5 rings (SSSR count). The summed E-state index contributed by atoms with van der Waals surface area (Å²) in [7, 11) is 0. The third-order valence-electron chi connectivity index (χ3n) is 8.30. The average Bonchev–Trinajstić information content (AvgIpc) is 2.83. The summed E-state index contributed by atoms with van der Waals surface area (Å²) < 4.78 is 0. The zero-order chi connectivity index (χ0) is 24.3. The Kier molecular flexibility index (Phi) is 7.51. The lowest BCUT2D eigenvalue weighted by Crippen LogP contribution is -2.53. The number of hydrogen-bond donors (Lipinski definition) is 2. The first-order valence-corrected chi connectivity index (χ1v) is 12.8. The molecule has 1 aromatic rings. The molecule has 1 saturated heterocycles. The van der Waals surface area contributed by atoms with E-state index in [1.165, 1.54) is 12.0 Å². The molecule has 0 aromatic heterocycles. The van der Waals surface area contributed by atoms with Crippen molar-refractivity contribution < 1.29 is 9.59 Å². The lowest BCUT2D eigenvalue weighted by atomic mass is 9.49. The first-order valence-electron chi connectivity index (χ1n) is 12.8. The molecule has 2 N–H and O–H groups in total. The fraction of sp³-hybridized carbons (Fsp3) is 0.630. The Morgan fingerprint density at radius 2 is 1.88 bits per heavy atom. The number of benzene rings is 1. The quantitative estimate of drug-likeness (QED) is 0.592. The summed E-state index contributed by atoms with van der Waals surface area (Å²) in [5.41, 5.74) is 3.74. The van der Waals surface area contributed by atoms with Crippen LogP contribution in [0.25, 0.3) is 0 Å². The number of nitrogens with one attached hydrogen (secondary N) is 2. The summed E-state index contributed by atoms with van der Waals surface area (Å²) in [6, 6.07) is 7.84. The van der Waals surface area contributed by atoms with E-state index in [1.807, 2.05) is 47.9 Å². The first kappa shape index (κ1) is 24.6. The zero-order valence-electron chi connectivity index (χ0n) is 21.3. The summed E-state index contributed by atoms with van der Waals surface area (Å²) in [6.45, 7) is 14.7. The van der Waals surface area contributed by atoms with Gasteiger partial charge in [0.2, 0.25) is 0 Å². The number of urea groups is 2. The molecule has 0 spiro atoms. The van der Waals surface area contributed by atoms with Crippen LogP contribution in [-0.2, 0) is 0 Å². The maximum absolute atomic E-state index is 12.8. The van der Waals surface area contributed by atoms with E-state index < -0.39 is 0 Å². The molecule has 0 radical (unpaired) electrons. The molecule has 2 unspecified atom stereocenters. The van der Waals surface area contributed by atoms with Gasteiger partial charge in [-0.2, -0.15) is 0 Å².